The maximum absolute atomic E-state index is 4.36. The second kappa shape index (κ2) is 5.67. The van der Waals surface area contributed by atoms with Gasteiger partial charge in [0.25, 0.3) is 0 Å². The third-order valence-corrected chi connectivity index (χ3v) is 3.92. The Bertz CT molecular complexity index is 733. The lowest BCUT2D eigenvalue weighted by molar-refractivity contribution is 0.961. The van der Waals surface area contributed by atoms with Gasteiger partial charge in [-0.2, -0.15) is 5.10 Å². The van der Waals surface area contributed by atoms with Gasteiger partial charge in [-0.3, -0.25) is 0 Å². The molecule has 0 saturated heterocycles. The zero-order valence-electron chi connectivity index (χ0n) is 11.3. The van der Waals surface area contributed by atoms with E-state index in [1.54, 1.807) is 0 Å². The van der Waals surface area contributed by atoms with Crippen LogP contribution in [0, 0.1) is 0 Å². The van der Waals surface area contributed by atoms with E-state index in [0.717, 1.165) is 23.0 Å². The molecule has 0 aliphatic heterocycles. The molecule has 0 radical (unpaired) electrons. The molecule has 3 rings (SSSR count). The number of hydrogen-bond acceptors (Lipinski definition) is 2. The lowest BCUT2D eigenvalue weighted by atomic mass is 10.1. The largest absolute Gasteiger partial charge is 0.381 e. The fourth-order valence-electron chi connectivity index (χ4n) is 2.34. The smallest absolute Gasteiger partial charge is 0.0711 e. The molecule has 1 N–H and O–H groups in total. The number of hydrogen-bond donors (Lipinski definition) is 1. The van der Waals surface area contributed by atoms with E-state index in [9.17, 15) is 0 Å². The maximum Gasteiger partial charge on any atom is 0.0711 e. The van der Waals surface area contributed by atoms with Crippen molar-refractivity contribution in [2.45, 2.75) is 19.9 Å². The van der Waals surface area contributed by atoms with Gasteiger partial charge >= 0.3 is 0 Å². The van der Waals surface area contributed by atoms with Crippen LogP contribution in [0.3, 0.4) is 0 Å². The molecule has 102 valence electrons. The van der Waals surface area contributed by atoms with Crippen LogP contribution >= 0.6 is 15.9 Å². The minimum Gasteiger partial charge on any atom is -0.381 e. The topological polar surface area (TPSA) is 29.3 Å². The lowest BCUT2D eigenvalue weighted by Gasteiger charge is -2.11. The molecule has 0 spiro atoms. The first-order valence-electron chi connectivity index (χ1n) is 6.71. The van der Waals surface area contributed by atoms with Crippen molar-refractivity contribution >= 4 is 27.1 Å². The molecule has 0 aliphatic carbocycles. The molecule has 3 nitrogen and oxygen atoms in total. The fourth-order valence-corrected chi connectivity index (χ4v) is 2.75. The standard InChI is InChI=1S/C16H16BrN3/c1-2-12-9-14(17)6-7-15(12)18-10-13-11-19-20-8-4-3-5-16(13)20/h3-9,11,18H,2,10H2,1H3. The second-order valence-electron chi connectivity index (χ2n) is 4.71. The highest BCUT2D eigenvalue weighted by molar-refractivity contribution is 9.10. The van der Waals surface area contributed by atoms with Crippen LogP contribution in [0.4, 0.5) is 5.69 Å². The van der Waals surface area contributed by atoms with Crippen molar-refractivity contribution in [3.8, 4) is 0 Å². The molecule has 0 bridgehead atoms. The van der Waals surface area contributed by atoms with Gasteiger partial charge in [0.05, 0.1) is 11.7 Å². The molecule has 0 saturated carbocycles. The number of benzene rings is 1. The molecule has 2 heterocycles. The van der Waals surface area contributed by atoms with Gasteiger partial charge in [-0.25, -0.2) is 4.52 Å². The summed E-state index contributed by atoms with van der Waals surface area (Å²) in [5.74, 6) is 0. The summed E-state index contributed by atoms with van der Waals surface area (Å²) < 4.78 is 3.02. The van der Waals surface area contributed by atoms with Crippen LogP contribution in [-0.2, 0) is 13.0 Å². The first kappa shape index (κ1) is 13.2. The number of halogens is 1. The molecule has 3 aromatic rings. The van der Waals surface area contributed by atoms with Gasteiger partial charge < -0.3 is 5.32 Å². The number of nitrogens with zero attached hydrogens (tertiary/aromatic N) is 2. The lowest BCUT2D eigenvalue weighted by Crippen LogP contribution is -2.02. The predicted molar refractivity (Wildman–Crippen MR) is 86.0 cm³/mol. The van der Waals surface area contributed by atoms with E-state index < -0.39 is 0 Å². The van der Waals surface area contributed by atoms with E-state index in [-0.39, 0.29) is 0 Å². The first-order chi connectivity index (χ1) is 9.78. The van der Waals surface area contributed by atoms with E-state index in [1.165, 1.54) is 16.8 Å². The van der Waals surface area contributed by atoms with Gasteiger partial charge in [0.2, 0.25) is 0 Å². The summed E-state index contributed by atoms with van der Waals surface area (Å²) in [4.78, 5) is 0. The molecule has 0 unspecified atom stereocenters. The Kier molecular flexibility index (Phi) is 3.74. The molecule has 2 aromatic heterocycles. The average molecular weight is 330 g/mol. The van der Waals surface area contributed by atoms with Crippen molar-refractivity contribution < 1.29 is 0 Å². The Morgan fingerprint density at radius 3 is 2.95 bits per heavy atom. The normalized spacial score (nSPS) is 10.9. The molecule has 20 heavy (non-hydrogen) atoms. The van der Waals surface area contributed by atoms with Crippen LogP contribution in [-0.4, -0.2) is 9.61 Å². The third-order valence-electron chi connectivity index (χ3n) is 3.42. The van der Waals surface area contributed by atoms with Gasteiger partial charge in [0, 0.05) is 28.5 Å². The van der Waals surface area contributed by atoms with Crippen molar-refractivity contribution in [2.24, 2.45) is 0 Å². The molecule has 0 atom stereocenters. The summed E-state index contributed by atoms with van der Waals surface area (Å²) in [5, 5.41) is 7.87. The van der Waals surface area contributed by atoms with E-state index >= 15 is 0 Å². The Hall–Kier alpha value is -1.81. The van der Waals surface area contributed by atoms with Crippen LogP contribution < -0.4 is 5.32 Å². The monoisotopic (exact) mass is 329 g/mol. The SMILES string of the molecule is CCc1cc(Br)ccc1NCc1cnn2ccccc12. The minimum atomic E-state index is 0.780. The second-order valence-corrected chi connectivity index (χ2v) is 5.62. The Morgan fingerprint density at radius 1 is 1.20 bits per heavy atom. The van der Waals surface area contributed by atoms with Crippen LogP contribution in [0.25, 0.3) is 5.52 Å². The van der Waals surface area contributed by atoms with Crippen molar-refractivity contribution in [3.05, 3.63) is 64.4 Å². The number of aryl methyl sites for hydroxylation is 1. The Morgan fingerprint density at radius 2 is 2.10 bits per heavy atom. The summed E-state index contributed by atoms with van der Waals surface area (Å²) in [6, 6.07) is 12.5. The average Bonchev–Trinajstić information content (AvgIpc) is 2.89. The van der Waals surface area contributed by atoms with Crippen LogP contribution in [0.15, 0.2) is 53.3 Å². The van der Waals surface area contributed by atoms with Crippen molar-refractivity contribution in [2.75, 3.05) is 5.32 Å². The molecule has 0 amide bonds. The number of aromatic nitrogens is 2. The Balaban J connectivity index is 1.83. The number of rotatable bonds is 4. The highest BCUT2D eigenvalue weighted by Gasteiger charge is 2.05. The Labute approximate surface area is 126 Å². The highest BCUT2D eigenvalue weighted by Crippen LogP contribution is 2.22. The molecule has 0 aliphatic rings. The van der Waals surface area contributed by atoms with Gasteiger partial charge in [0.1, 0.15) is 0 Å². The number of pyridine rings is 1. The van der Waals surface area contributed by atoms with Crippen molar-refractivity contribution in [1.82, 2.24) is 9.61 Å². The van der Waals surface area contributed by atoms with Crippen molar-refractivity contribution in [3.63, 3.8) is 0 Å². The van der Waals surface area contributed by atoms with Crippen LogP contribution in [0.5, 0.6) is 0 Å². The quantitative estimate of drug-likeness (QED) is 0.774. The zero-order chi connectivity index (χ0) is 13.9. The number of anilines is 1. The number of nitrogens with one attached hydrogen (secondary N) is 1. The molecular formula is C16H16BrN3. The van der Waals surface area contributed by atoms with Gasteiger partial charge in [0.15, 0.2) is 0 Å². The van der Waals surface area contributed by atoms with E-state index in [1.807, 2.05) is 29.0 Å². The predicted octanol–water partition coefficient (Wildman–Crippen LogP) is 4.27. The summed E-state index contributed by atoms with van der Waals surface area (Å²) in [7, 11) is 0. The van der Waals surface area contributed by atoms with Gasteiger partial charge in [-0.15, -0.1) is 0 Å². The molecule has 1 aromatic carbocycles. The molecule has 0 fully saturated rings. The van der Waals surface area contributed by atoms with Gasteiger partial charge in [-0.1, -0.05) is 28.9 Å². The molecular weight excluding hydrogens is 314 g/mol. The third kappa shape index (κ3) is 2.56. The summed E-state index contributed by atoms with van der Waals surface area (Å²) in [5.41, 5.74) is 4.85. The number of fused-ring (bicyclic) bond motifs is 1. The minimum absolute atomic E-state index is 0.780. The van der Waals surface area contributed by atoms with Crippen LogP contribution in [0.2, 0.25) is 0 Å². The zero-order valence-corrected chi connectivity index (χ0v) is 12.9. The van der Waals surface area contributed by atoms with E-state index in [2.05, 4.69) is 57.5 Å². The summed E-state index contributed by atoms with van der Waals surface area (Å²) in [6.45, 7) is 2.95. The molecule has 4 heteroatoms. The van der Waals surface area contributed by atoms with E-state index in [0.29, 0.717) is 0 Å². The summed E-state index contributed by atoms with van der Waals surface area (Å²) >= 11 is 3.52. The van der Waals surface area contributed by atoms with Crippen molar-refractivity contribution in [1.29, 1.82) is 0 Å². The highest BCUT2D eigenvalue weighted by atomic mass is 79.9. The fraction of sp³-hybridized carbons (Fsp3) is 0.188. The maximum atomic E-state index is 4.36. The van der Waals surface area contributed by atoms with Gasteiger partial charge in [-0.05, 0) is 42.3 Å². The summed E-state index contributed by atoms with van der Waals surface area (Å²) in [6.07, 6.45) is 4.90. The first-order valence-corrected chi connectivity index (χ1v) is 7.51. The van der Waals surface area contributed by atoms with Crippen LogP contribution in [0.1, 0.15) is 18.1 Å². The van der Waals surface area contributed by atoms with E-state index in [4.69, 9.17) is 0 Å².